The molecule has 10 nitrogen and oxygen atoms in total. The molecule has 2 aromatic heterocycles. The largest absolute Gasteiger partial charge is 0.461 e. The highest BCUT2D eigenvalue weighted by molar-refractivity contribution is 5.80. The van der Waals surface area contributed by atoms with Crippen molar-refractivity contribution < 1.29 is 29.6 Å². The van der Waals surface area contributed by atoms with Crippen molar-refractivity contribution in [3.63, 3.8) is 0 Å². The van der Waals surface area contributed by atoms with Gasteiger partial charge in [-0.25, -0.2) is 15.0 Å². The Labute approximate surface area is 248 Å². The van der Waals surface area contributed by atoms with Gasteiger partial charge in [0.2, 0.25) is 0 Å². The Morgan fingerprint density at radius 2 is 1.52 bits per heavy atom. The van der Waals surface area contributed by atoms with Crippen LogP contribution in [0.5, 0.6) is 0 Å². The van der Waals surface area contributed by atoms with Crippen LogP contribution in [-0.4, -0.2) is 72.3 Å². The Hall–Kier alpha value is -3.18. The maximum Gasteiger partial charge on any atom is 0.312 e. The molecule has 1 saturated heterocycles. The second-order valence-electron chi connectivity index (χ2n) is 11.3. The fourth-order valence-electron chi connectivity index (χ4n) is 4.78. The molecule has 0 unspecified atom stereocenters. The number of rotatable bonds is 15. The number of nitrogens with zero attached hydrogens (tertiary/aromatic N) is 4. The van der Waals surface area contributed by atoms with Gasteiger partial charge in [0.25, 0.3) is 0 Å². The minimum atomic E-state index is -1.27. The summed E-state index contributed by atoms with van der Waals surface area (Å²) in [6.07, 6.45) is 13.2. The maximum atomic E-state index is 12.5. The predicted molar refractivity (Wildman–Crippen MR) is 161 cm³/mol. The molecule has 4 atom stereocenters. The van der Waals surface area contributed by atoms with Crippen LogP contribution in [0.15, 0.2) is 59.3 Å². The van der Waals surface area contributed by atoms with Gasteiger partial charge in [0.1, 0.15) is 36.8 Å². The first-order chi connectivity index (χ1) is 20.1. The Balaban J connectivity index is 1.43. The van der Waals surface area contributed by atoms with Crippen LogP contribution in [0.2, 0.25) is 0 Å². The topological polar surface area (TPSA) is 140 Å². The highest BCUT2D eigenvalue weighted by Crippen LogP contribution is 2.31. The maximum absolute atomic E-state index is 12.5. The lowest BCUT2D eigenvalue weighted by Gasteiger charge is -2.16. The van der Waals surface area contributed by atoms with E-state index in [0.717, 1.165) is 44.1 Å². The molecule has 3 rings (SSSR count). The van der Waals surface area contributed by atoms with Crippen molar-refractivity contribution >= 4 is 17.1 Å². The number of ether oxygens (including phenoxy) is 2. The average Bonchev–Trinajstić information content (AvgIpc) is 3.49. The Morgan fingerprint density at radius 3 is 2.12 bits per heavy atom. The van der Waals surface area contributed by atoms with Crippen molar-refractivity contribution in [2.24, 2.45) is 0 Å². The molecule has 0 aromatic carbocycles. The third-order valence-corrected chi connectivity index (χ3v) is 7.37. The molecule has 0 saturated carbocycles. The summed E-state index contributed by atoms with van der Waals surface area (Å²) in [5.74, 6) is -0.443. The second-order valence-corrected chi connectivity index (χ2v) is 11.3. The van der Waals surface area contributed by atoms with Gasteiger partial charge in [-0.15, -0.1) is 0 Å². The van der Waals surface area contributed by atoms with Gasteiger partial charge in [0.05, 0.1) is 25.0 Å². The third-order valence-electron chi connectivity index (χ3n) is 7.37. The molecule has 2 aromatic rings. The van der Waals surface area contributed by atoms with E-state index in [-0.39, 0.29) is 13.0 Å². The molecule has 0 radical (unpaired) electrons. The fraction of sp³-hybridized carbons (Fsp3) is 0.562. The molecule has 0 bridgehead atoms. The van der Waals surface area contributed by atoms with E-state index in [1.165, 1.54) is 33.9 Å². The standard InChI is InChI=1S/C32H46N4O6/c1-21(2)9-6-10-22(3)11-7-12-23(4)13-8-14-24(5)15-16-41-27(38)17-25-28-31(34-19-33-25)36(20-35-28)32-30(40)29(39)26(18-37)42-32/h9,11,13,15,19-20,26,29-30,32,37,39-40H,6-8,10,12,14,16-18H2,1-5H3/b22-11+,23-13+,24-15+/t26-,29-,30+,32-/m1/s1. The Morgan fingerprint density at radius 1 is 0.905 bits per heavy atom. The highest BCUT2D eigenvalue weighted by Gasteiger charge is 2.44. The fourth-order valence-corrected chi connectivity index (χ4v) is 4.78. The summed E-state index contributed by atoms with van der Waals surface area (Å²) >= 11 is 0. The molecule has 230 valence electrons. The van der Waals surface area contributed by atoms with Crippen molar-refractivity contribution in [2.75, 3.05) is 13.2 Å². The molecule has 10 heteroatoms. The molecule has 3 N–H and O–H groups in total. The van der Waals surface area contributed by atoms with Crippen molar-refractivity contribution in [1.82, 2.24) is 19.5 Å². The minimum absolute atomic E-state index is 0.0936. The number of aliphatic hydroxyl groups is 3. The molecule has 1 aliphatic heterocycles. The van der Waals surface area contributed by atoms with Crippen LogP contribution in [-0.2, 0) is 20.7 Å². The average molecular weight is 583 g/mol. The summed E-state index contributed by atoms with van der Waals surface area (Å²) in [4.78, 5) is 25.2. The van der Waals surface area contributed by atoms with Crippen molar-refractivity contribution in [2.45, 2.75) is 104 Å². The first-order valence-electron chi connectivity index (χ1n) is 14.7. The number of carbonyl (C=O) groups excluding carboxylic acids is 1. The zero-order chi connectivity index (χ0) is 30.6. The number of hydrogen-bond donors (Lipinski definition) is 3. The highest BCUT2D eigenvalue weighted by atomic mass is 16.6. The molecular weight excluding hydrogens is 536 g/mol. The van der Waals surface area contributed by atoms with Crippen LogP contribution >= 0.6 is 0 Å². The molecule has 1 aliphatic rings. The van der Waals surface area contributed by atoms with Gasteiger partial charge in [-0.1, -0.05) is 40.5 Å². The first kappa shape index (κ1) is 33.3. The van der Waals surface area contributed by atoms with Crippen LogP contribution in [0.4, 0.5) is 0 Å². The van der Waals surface area contributed by atoms with Gasteiger partial charge in [0.15, 0.2) is 11.9 Å². The van der Waals surface area contributed by atoms with Crippen LogP contribution in [0.3, 0.4) is 0 Å². The van der Waals surface area contributed by atoms with Crippen molar-refractivity contribution in [3.05, 3.63) is 64.9 Å². The van der Waals surface area contributed by atoms with E-state index in [1.54, 1.807) is 0 Å². The van der Waals surface area contributed by atoms with E-state index in [1.807, 2.05) is 13.0 Å². The Kier molecular flexibility index (Phi) is 13.1. The normalized spacial score (nSPS) is 21.7. The lowest BCUT2D eigenvalue weighted by molar-refractivity contribution is -0.141. The molecule has 0 spiro atoms. The molecule has 1 fully saturated rings. The molecule has 42 heavy (non-hydrogen) atoms. The summed E-state index contributed by atoms with van der Waals surface area (Å²) < 4.78 is 12.5. The first-order valence-corrected chi connectivity index (χ1v) is 14.7. The van der Waals surface area contributed by atoms with Crippen molar-refractivity contribution in [3.8, 4) is 0 Å². The summed E-state index contributed by atoms with van der Waals surface area (Å²) in [6.45, 7) is 10.4. The summed E-state index contributed by atoms with van der Waals surface area (Å²) in [7, 11) is 0. The monoisotopic (exact) mass is 582 g/mol. The number of hydrogen-bond acceptors (Lipinski definition) is 9. The van der Waals surface area contributed by atoms with Gasteiger partial charge >= 0.3 is 5.97 Å². The molecule has 0 aliphatic carbocycles. The van der Waals surface area contributed by atoms with Crippen LogP contribution in [0.1, 0.15) is 85.1 Å². The van der Waals surface area contributed by atoms with E-state index in [4.69, 9.17) is 9.47 Å². The van der Waals surface area contributed by atoms with E-state index in [2.05, 4.69) is 60.9 Å². The number of aliphatic hydroxyl groups excluding tert-OH is 3. The van der Waals surface area contributed by atoms with E-state index < -0.39 is 37.1 Å². The number of imidazole rings is 1. The van der Waals surface area contributed by atoms with Gasteiger partial charge in [0, 0.05) is 0 Å². The molecular formula is C32H46N4O6. The molecule has 3 heterocycles. The predicted octanol–water partition coefficient (Wildman–Crippen LogP) is 4.67. The van der Waals surface area contributed by atoms with Crippen LogP contribution < -0.4 is 0 Å². The summed E-state index contributed by atoms with van der Waals surface area (Å²) in [6, 6.07) is 0. The van der Waals surface area contributed by atoms with Gasteiger partial charge < -0.3 is 24.8 Å². The third kappa shape index (κ3) is 9.69. The van der Waals surface area contributed by atoms with Crippen molar-refractivity contribution in [1.29, 1.82) is 0 Å². The van der Waals surface area contributed by atoms with Crippen LogP contribution in [0.25, 0.3) is 11.2 Å². The summed E-state index contributed by atoms with van der Waals surface area (Å²) in [5.41, 5.74) is 6.46. The Bertz CT molecular complexity index is 1310. The van der Waals surface area contributed by atoms with E-state index >= 15 is 0 Å². The second kappa shape index (κ2) is 16.5. The lowest BCUT2D eigenvalue weighted by atomic mass is 10.0. The van der Waals surface area contributed by atoms with Gasteiger partial charge in [-0.3, -0.25) is 9.36 Å². The number of esters is 1. The molecule has 0 amide bonds. The smallest absolute Gasteiger partial charge is 0.312 e. The van der Waals surface area contributed by atoms with Crippen LogP contribution in [0, 0.1) is 0 Å². The lowest BCUT2D eigenvalue weighted by Crippen LogP contribution is -2.33. The van der Waals surface area contributed by atoms with Gasteiger partial charge in [-0.05, 0) is 79.2 Å². The SMILES string of the molecule is CC(C)=CCC/C(C)=C/CC/C(C)=C/CC/C(C)=C/COC(=O)Cc1ncnc2c1ncn2[C@@H]1O[C@H](CO)[C@@H](O)[C@@H]1O. The number of aromatic nitrogens is 4. The van der Waals surface area contributed by atoms with E-state index in [0.29, 0.717) is 16.9 Å². The zero-order valence-electron chi connectivity index (χ0n) is 25.5. The van der Waals surface area contributed by atoms with Gasteiger partial charge in [-0.2, -0.15) is 0 Å². The zero-order valence-corrected chi connectivity index (χ0v) is 25.5. The summed E-state index contributed by atoms with van der Waals surface area (Å²) in [5, 5.41) is 29.8. The minimum Gasteiger partial charge on any atom is -0.461 e. The number of carbonyl (C=O) groups is 1. The van der Waals surface area contributed by atoms with E-state index in [9.17, 15) is 20.1 Å². The number of allylic oxidation sites excluding steroid dienone is 7. The quantitative estimate of drug-likeness (QED) is 0.202. The number of fused-ring (bicyclic) bond motifs is 1.